The van der Waals surface area contributed by atoms with E-state index in [0.29, 0.717) is 28.7 Å². The van der Waals surface area contributed by atoms with Gasteiger partial charge >= 0.3 is 6.18 Å². The Hall–Kier alpha value is -3.88. The molecule has 0 bridgehead atoms. The van der Waals surface area contributed by atoms with Crippen LogP contribution in [0.4, 0.5) is 13.2 Å². The fraction of sp³-hybridized carbons (Fsp3) is 0.0952. The number of hydrogen-bond donors (Lipinski definition) is 1. The number of aromatic nitrogens is 5. The molecule has 0 fully saturated rings. The van der Waals surface area contributed by atoms with Crippen molar-refractivity contribution in [2.45, 2.75) is 6.18 Å². The molecule has 6 nitrogen and oxygen atoms in total. The van der Waals surface area contributed by atoms with Crippen molar-refractivity contribution in [3.05, 3.63) is 66.4 Å². The molecule has 0 saturated heterocycles. The molecule has 0 unspecified atom stereocenters. The first kappa shape index (κ1) is 18.2. The van der Waals surface area contributed by atoms with E-state index in [4.69, 9.17) is 4.74 Å². The van der Waals surface area contributed by atoms with Crippen molar-refractivity contribution in [2.75, 3.05) is 0 Å². The van der Waals surface area contributed by atoms with Crippen molar-refractivity contribution < 1.29 is 17.9 Å². The van der Waals surface area contributed by atoms with Crippen molar-refractivity contribution in [3.63, 3.8) is 0 Å². The van der Waals surface area contributed by atoms with E-state index in [0.717, 1.165) is 23.0 Å². The molecule has 0 spiro atoms. The van der Waals surface area contributed by atoms with Crippen LogP contribution in [-0.4, -0.2) is 24.7 Å². The Morgan fingerprint density at radius 3 is 2.67 bits per heavy atom. The highest BCUT2D eigenvalue weighted by atomic mass is 19.4. The number of nitrogens with zero attached hydrogens (tertiary/aromatic N) is 4. The van der Waals surface area contributed by atoms with E-state index in [1.165, 1.54) is 6.07 Å². The zero-order valence-corrected chi connectivity index (χ0v) is 15.6. The SMILES string of the molecule is Cn1c(-c2n[nH]c3ccc(Oc4ccccn4)cc23)nc2cc(C(F)(F)F)ccc21. The first-order chi connectivity index (χ1) is 14.4. The minimum absolute atomic E-state index is 0.249. The molecule has 0 radical (unpaired) electrons. The maximum absolute atomic E-state index is 13.1. The standard InChI is InChI=1S/C21H14F3N5O/c1-29-17-8-5-12(21(22,23)24)10-16(17)26-20(29)19-14-11-13(6-7-15(14)27-28-19)30-18-4-2-3-9-25-18/h2-11H,1H3,(H,27,28). The summed E-state index contributed by atoms with van der Waals surface area (Å²) in [6, 6.07) is 14.3. The van der Waals surface area contributed by atoms with E-state index >= 15 is 0 Å². The van der Waals surface area contributed by atoms with Crippen molar-refractivity contribution in [2.24, 2.45) is 7.05 Å². The normalized spacial score (nSPS) is 12.0. The zero-order valence-electron chi connectivity index (χ0n) is 15.6. The fourth-order valence-electron chi connectivity index (χ4n) is 3.34. The van der Waals surface area contributed by atoms with Gasteiger partial charge in [0.25, 0.3) is 0 Å². The van der Waals surface area contributed by atoms with Gasteiger partial charge in [-0.3, -0.25) is 5.10 Å². The highest BCUT2D eigenvalue weighted by Gasteiger charge is 2.31. The first-order valence-electron chi connectivity index (χ1n) is 9.01. The van der Waals surface area contributed by atoms with Crippen molar-refractivity contribution >= 4 is 21.9 Å². The highest BCUT2D eigenvalue weighted by molar-refractivity contribution is 5.94. The number of ether oxygens (including phenoxy) is 1. The summed E-state index contributed by atoms with van der Waals surface area (Å²) in [6.07, 6.45) is -2.80. The smallest absolute Gasteiger partial charge is 0.416 e. The van der Waals surface area contributed by atoms with E-state index in [1.54, 1.807) is 42.1 Å². The van der Waals surface area contributed by atoms with Crippen LogP contribution in [0.1, 0.15) is 5.56 Å². The minimum Gasteiger partial charge on any atom is -0.439 e. The zero-order chi connectivity index (χ0) is 20.9. The molecule has 0 atom stereocenters. The molecular formula is C21H14F3N5O. The Morgan fingerprint density at radius 1 is 1.03 bits per heavy atom. The number of nitrogens with one attached hydrogen (secondary N) is 1. The minimum atomic E-state index is -4.43. The summed E-state index contributed by atoms with van der Waals surface area (Å²) >= 11 is 0. The molecule has 0 aliphatic rings. The van der Waals surface area contributed by atoms with Gasteiger partial charge in [0.15, 0.2) is 5.82 Å². The number of rotatable bonds is 3. The largest absolute Gasteiger partial charge is 0.439 e. The van der Waals surface area contributed by atoms with Gasteiger partial charge in [0, 0.05) is 24.7 Å². The summed E-state index contributed by atoms with van der Waals surface area (Å²) in [7, 11) is 1.74. The number of halogens is 3. The summed E-state index contributed by atoms with van der Waals surface area (Å²) in [5.74, 6) is 1.46. The number of alkyl halides is 3. The summed E-state index contributed by atoms with van der Waals surface area (Å²) < 4.78 is 46.7. The van der Waals surface area contributed by atoms with E-state index < -0.39 is 11.7 Å². The van der Waals surface area contributed by atoms with Crippen LogP contribution >= 0.6 is 0 Å². The van der Waals surface area contributed by atoms with Crippen LogP contribution in [0.3, 0.4) is 0 Å². The average molecular weight is 409 g/mol. The Bertz CT molecular complexity index is 1370. The second kappa shape index (κ2) is 6.58. The number of H-pyrrole nitrogens is 1. The topological polar surface area (TPSA) is 68.6 Å². The summed E-state index contributed by atoms with van der Waals surface area (Å²) in [4.78, 5) is 8.56. The predicted molar refractivity (Wildman–Crippen MR) is 105 cm³/mol. The second-order valence-corrected chi connectivity index (χ2v) is 6.75. The lowest BCUT2D eigenvalue weighted by Crippen LogP contribution is -2.04. The van der Waals surface area contributed by atoms with Gasteiger partial charge in [0.05, 0.1) is 22.1 Å². The number of benzene rings is 2. The van der Waals surface area contributed by atoms with Crippen LogP contribution in [0, 0.1) is 0 Å². The summed E-state index contributed by atoms with van der Waals surface area (Å²) in [5.41, 5.74) is 1.36. The molecule has 30 heavy (non-hydrogen) atoms. The van der Waals surface area contributed by atoms with Gasteiger partial charge in [-0.15, -0.1) is 0 Å². The van der Waals surface area contributed by atoms with Gasteiger partial charge in [0.2, 0.25) is 5.88 Å². The summed E-state index contributed by atoms with van der Waals surface area (Å²) in [5, 5.41) is 8.00. The van der Waals surface area contributed by atoms with Crippen LogP contribution < -0.4 is 4.74 Å². The van der Waals surface area contributed by atoms with Gasteiger partial charge in [-0.05, 0) is 42.5 Å². The molecule has 0 amide bonds. The van der Waals surface area contributed by atoms with Crippen LogP contribution in [-0.2, 0) is 13.2 Å². The second-order valence-electron chi connectivity index (χ2n) is 6.75. The molecule has 0 aliphatic heterocycles. The number of imidazole rings is 1. The monoisotopic (exact) mass is 409 g/mol. The third kappa shape index (κ3) is 3.04. The molecule has 0 aliphatic carbocycles. The maximum atomic E-state index is 13.1. The average Bonchev–Trinajstić information content (AvgIpc) is 3.28. The first-order valence-corrected chi connectivity index (χ1v) is 9.01. The number of aromatic amines is 1. The molecule has 5 rings (SSSR count). The van der Waals surface area contributed by atoms with E-state index in [2.05, 4.69) is 20.2 Å². The van der Waals surface area contributed by atoms with Gasteiger partial charge in [0.1, 0.15) is 11.4 Å². The Balaban J connectivity index is 1.61. The predicted octanol–water partition coefficient (Wildman–Crippen LogP) is 5.32. The lowest BCUT2D eigenvalue weighted by atomic mass is 10.2. The van der Waals surface area contributed by atoms with E-state index in [1.807, 2.05) is 12.1 Å². The Morgan fingerprint density at radius 2 is 1.90 bits per heavy atom. The van der Waals surface area contributed by atoms with E-state index in [9.17, 15) is 13.2 Å². The number of hydrogen-bond acceptors (Lipinski definition) is 4. The van der Waals surface area contributed by atoms with Crippen LogP contribution in [0.2, 0.25) is 0 Å². The lowest BCUT2D eigenvalue weighted by molar-refractivity contribution is -0.137. The highest BCUT2D eigenvalue weighted by Crippen LogP contribution is 2.34. The van der Waals surface area contributed by atoms with Crippen LogP contribution in [0.25, 0.3) is 33.5 Å². The van der Waals surface area contributed by atoms with Crippen molar-refractivity contribution in [1.29, 1.82) is 0 Å². The van der Waals surface area contributed by atoms with Crippen molar-refractivity contribution in [1.82, 2.24) is 24.7 Å². The van der Waals surface area contributed by atoms with Gasteiger partial charge < -0.3 is 9.30 Å². The van der Waals surface area contributed by atoms with E-state index in [-0.39, 0.29) is 5.52 Å². The molecule has 0 saturated carbocycles. The fourth-order valence-corrected chi connectivity index (χ4v) is 3.34. The third-order valence-corrected chi connectivity index (χ3v) is 4.81. The van der Waals surface area contributed by atoms with Crippen molar-refractivity contribution in [3.8, 4) is 23.1 Å². The van der Waals surface area contributed by atoms with Crippen LogP contribution in [0.5, 0.6) is 11.6 Å². The molecule has 9 heteroatoms. The molecular weight excluding hydrogens is 395 g/mol. The molecule has 5 aromatic rings. The quantitative estimate of drug-likeness (QED) is 0.438. The molecule has 150 valence electrons. The van der Waals surface area contributed by atoms with Gasteiger partial charge in [-0.2, -0.15) is 18.3 Å². The molecule has 3 heterocycles. The lowest BCUT2D eigenvalue weighted by Gasteiger charge is -2.06. The molecule has 1 N–H and O–H groups in total. The number of fused-ring (bicyclic) bond motifs is 2. The maximum Gasteiger partial charge on any atom is 0.416 e. The number of aryl methyl sites for hydroxylation is 1. The molecule has 2 aromatic carbocycles. The van der Waals surface area contributed by atoms with Crippen LogP contribution in [0.15, 0.2) is 60.8 Å². The van der Waals surface area contributed by atoms with Gasteiger partial charge in [-0.25, -0.2) is 9.97 Å². The Kier molecular flexibility index (Phi) is 3.99. The van der Waals surface area contributed by atoms with Gasteiger partial charge in [-0.1, -0.05) is 6.07 Å². The Labute approximate surface area is 168 Å². The third-order valence-electron chi connectivity index (χ3n) is 4.81. The number of pyridine rings is 1. The molecule has 3 aromatic heterocycles. The summed E-state index contributed by atoms with van der Waals surface area (Å²) in [6.45, 7) is 0.